The molecule has 0 radical (unpaired) electrons. The van der Waals surface area contributed by atoms with E-state index in [9.17, 15) is 13.2 Å². The lowest BCUT2D eigenvalue weighted by Gasteiger charge is -2.23. The number of thiophene rings is 1. The van der Waals surface area contributed by atoms with Crippen LogP contribution < -0.4 is 20.7 Å². The minimum atomic E-state index is -4.33. The van der Waals surface area contributed by atoms with Crippen LogP contribution in [0.25, 0.3) is 0 Å². The molecule has 1 saturated heterocycles. The maximum Gasteiger partial charge on any atom is 0.395 e. The first-order chi connectivity index (χ1) is 19.1. The summed E-state index contributed by atoms with van der Waals surface area (Å²) in [4.78, 5) is 4.52. The number of benzene rings is 2. The van der Waals surface area contributed by atoms with E-state index in [0.717, 1.165) is 57.6 Å². The minimum Gasteiger partial charge on any atom is -0.363 e. The molecule has 0 spiro atoms. The Kier molecular flexibility index (Phi) is 8.22. The number of azo groups is 1. The smallest absolute Gasteiger partial charge is 0.363 e. The second-order valence-corrected chi connectivity index (χ2v) is 11.7. The fraction of sp³-hybridized carbons (Fsp3) is 0.333. The number of rotatable bonds is 9. The van der Waals surface area contributed by atoms with E-state index in [1.54, 1.807) is 11.3 Å². The van der Waals surface area contributed by atoms with Crippen LogP contribution in [0.3, 0.4) is 0 Å². The number of aromatic nitrogens is 2. The SMILES string of the molecule is Cc1cc(N(C)c2ccc(NNc3ccc(N4CCCC4)s3)cc2C)ccc1N=Nc1nnc(CC(F)(F)F)s1. The summed E-state index contributed by atoms with van der Waals surface area (Å²) in [7, 11) is 2.00. The quantitative estimate of drug-likeness (QED) is 0.151. The molecule has 1 aliphatic rings. The molecule has 1 aliphatic heterocycles. The van der Waals surface area contributed by atoms with Crippen LogP contribution >= 0.6 is 22.7 Å². The molecule has 2 aromatic carbocycles. The van der Waals surface area contributed by atoms with E-state index in [2.05, 4.69) is 72.3 Å². The van der Waals surface area contributed by atoms with Crippen molar-refractivity contribution < 1.29 is 13.2 Å². The van der Waals surface area contributed by atoms with Crippen LogP contribution in [0.2, 0.25) is 0 Å². The Balaban J connectivity index is 1.21. The molecule has 3 heterocycles. The minimum absolute atomic E-state index is 0.0877. The van der Waals surface area contributed by atoms with Gasteiger partial charge in [0.15, 0.2) is 0 Å². The van der Waals surface area contributed by atoms with Crippen molar-refractivity contribution in [2.45, 2.75) is 39.3 Å². The average Bonchev–Trinajstić information content (AvgIpc) is 3.68. The van der Waals surface area contributed by atoms with Gasteiger partial charge in [0, 0.05) is 31.5 Å². The van der Waals surface area contributed by atoms with Gasteiger partial charge in [-0.05, 0) is 86.3 Å². The zero-order valence-corrected chi connectivity index (χ0v) is 23.9. The Morgan fingerprint density at radius 1 is 0.925 bits per heavy atom. The molecule has 1 fully saturated rings. The van der Waals surface area contributed by atoms with Crippen molar-refractivity contribution in [1.29, 1.82) is 0 Å². The number of anilines is 5. The third-order valence-corrected chi connectivity index (χ3v) is 8.39. The molecular weight excluding hydrogens is 557 g/mol. The summed E-state index contributed by atoms with van der Waals surface area (Å²) < 4.78 is 37.6. The summed E-state index contributed by atoms with van der Waals surface area (Å²) in [5.41, 5.74) is 12.2. The number of aryl methyl sites for hydroxylation is 2. The third-order valence-electron chi connectivity index (χ3n) is 6.52. The Morgan fingerprint density at radius 2 is 1.73 bits per heavy atom. The molecule has 0 bridgehead atoms. The van der Waals surface area contributed by atoms with Gasteiger partial charge >= 0.3 is 6.18 Å². The van der Waals surface area contributed by atoms with Gasteiger partial charge in [-0.15, -0.1) is 20.4 Å². The molecule has 13 heteroatoms. The fourth-order valence-corrected chi connectivity index (χ4v) is 6.07. The van der Waals surface area contributed by atoms with E-state index < -0.39 is 12.6 Å². The van der Waals surface area contributed by atoms with E-state index >= 15 is 0 Å². The first-order valence-corrected chi connectivity index (χ1v) is 14.4. The highest BCUT2D eigenvalue weighted by atomic mass is 32.1. The molecule has 4 aromatic rings. The lowest BCUT2D eigenvalue weighted by Crippen LogP contribution is -2.15. The normalized spacial score (nSPS) is 13.8. The van der Waals surface area contributed by atoms with Gasteiger partial charge in [0.2, 0.25) is 0 Å². The topological polar surface area (TPSA) is 81.0 Å². The zero-order valence-electron chi connectivity index (χ0n) is 22.3. The number of nitrogens with zero attached hydrogens (tertiary/aromatic N) is 6. The van der Waals surface area contributed by atoms with Crippen molar-refractivity contribution in [1.82, 2.24) is 10.2 Å². The van der Waals surface area contributed by atoms with Gasteiger partial charge in [0.05, 0.1) is 22.8 Å². The van der Waals surface area contributed by atoms with Crippen LogP contribution in [0.1, 0.15) is 29.0 Å². The van der Waals surface area contributed by atoms with Crippen LogP contribution in [0.5, 0.6) is 0 Å². The van der Waals surface area contributed by atoms with Crippen molar-refractivity contribution in [2.24, 2.45) is 10.2 Å². The van der Waals surface area contributed by atoms with Crippen LogP contribution in [0, 0.1) is 13.8 Å². The van der Waals surface area contributed by atoms with E-state index in [1.165, 1.54) is 17.8 Å². The first kappa shape index (κ1) is 27.8. The number of hydrogen-bond donors (Lipinski definition) is 2. The van der Waals surface area contributed by atoms with Gasteiger partial charge in [0.1, 0.15) is 10.0 Å². The Bertz CT molecular complexity index is 1490. The Labute approximate surface area is 238 Å². The van der Waals surface area contributed by atoms with Gasteiger partial charge in [-0.2, -0.15) is 13.2 Å². The molecule has 0 aliphatic carbocycles. The maximum atomic E-state index is 12.5. The molecular formula is C27H29F3N8S2. The number of nitrogens with one attached hydrogen (secondary N) is 2. The molecule has 0 amide bonds. The lowest BCUT2D eigenvalue weighted by atomic mass is 10.1. The van der Waals surface area contributed by atoms with E-state index in [0.29, 0.717) is 5.69 Å². The highest BCUT2D eigenvalue weighted by Crippen LogP contribution is 2.35. The van der Waals surface area contributed by atoms with Crippen molar-refractivity contribution in [2.75, 3.05) is 40.8 Å². The monoisotopic (exact) mass is 586 g/mol. The summed E-state index contributed by atoms with van der Waals surface area (Å²) >= 11 is 2.53. The molecule has 40 heavy (non-hydrogen) atoms. The fourth-order valence-electron chi connectivity index (χ4n) is 4.47. The summed E-state index contributed by atoms with van der Waals surface area (Å²) in [5, 5.41) is 17.7. The second-order valence-electron chi connectivity index (χ2n) is 9.58. The summed E-state index contributed by atoms with van der Waals surface area (Å²) in [5.74, 6) is 0. The Hall–Kier alpha value is -3.71. The predicted octanol–water partition coefficient (Wildman–Crippen LogP) is 8.54. The van der Waals surface area contributed by atoms with Crippen LogP contribution in [-0.2, 0) is 6.42 Å². The maximum absolute atomic E-state index is 12.5. The van der Waals surface area contributed by atoms with Gasteiger partial charge in [-0.1, -0.05) is 22.7 Å². The van der Waals surface area contributed by atoms with Crippen LogP contribution in [0.15, 0.2) is 58.8 Å². The standard InChI is InChI=1S/C27H29F3N8S2/c1-17-15-20(7-8-21(17)32-35-26-36-34-24(40-26)16-27(28,29)30)37(3)22-9-6-19(14-18(22)2)31-33-23-10-11-25(39-23)38-12-4-5-13-38/h6-11,14-15,31,33H,4-5,12-13,16H2,1-3H3. The zero-order chi connectivity index (χ0) is 28.3. The van der Waals surface area contributed by atoms with Crippen molar-refractivity contribution in [3.63, 3.8) is 0 Å². The summed E-state index contributed by atoms with van der Waals surface area (Å²) in [6.07, 6.45) is -2.94. The highest BCUT2D eigenvalue weighted by molar-refractivity contribution is 7.20. The molecule has 2 aromatic heterocycles. The van der Waals surface area contributed by atoms with Gasteiger partial charge in [-0.3, -0.25) is 5.43 Å². The molecule has 0 atom stereocenters. The van der Waals surface area contributed by atoms with Gasteiger partial charge in [-0.25, -0.2) is 0 Å². The lowest BCUT2D eigenvalue weighted by molar-refractivity contribution is -0.127. The second kappa shape index (κ2) is 11.8. The Morgan fingerprint density at radius 3 is 2.45 bits per heavy atom. The van der Waals surface area contributed by atoms with Crippen molar-refractivity contribution in [3.05, 3.63) is 64.7 Å². The molecule has 2 N–H and O–H groups in total. The molecule has 210 valence electrons. The van der Waals surface area contributed by atoms with Crippen LogP contribution in [-0.4, -0.2) is 36.5 Å². The van der Waals surface area contributed by atoms with E-state index in [4.69, 9.17) is 0 Å². The highest BCUT2D eigenvalue weighted by Gasteiger charge is 2.29. The predicted molar refractivity (Wildman–Crippen MR) is 157 cm³/mol. The van der Waals surface area contributed by atoms with E-state index in [-0.39, 0.29) is 10.1 Å². The molecule has 0 unspecified atom stereocenters. The number of alkyl halides is 3. The van der Waals surface area contributed by atoms with Gasteiger partial charge < -0.3 is 15.2 Å². The van der Waals surface area contributed by atoms with Crippen LogP contribution in [0.4, 0.5) is 51.1 Å². The summed E-state index contributed by atoms with van der Waals surface area (Å²) in [6, 6.07) is 16.2. The summed E-state index contributed by atoms with van der Waals surface area (Å²) in [6.45, 7) is 6.24. The average molecular weight is 587 g/mol. The largest absolute Gasteiger partial charge is 0.395 e. The third kappa shape index (κ3) is 6.89. The molecule has 0 saturated carbocycles. The first-order valence-electron chi connectivity index (χ1n) is 12.8. The number of halogens is 3. The van der Waals surface area contributed by atoms with Crippen molar-refractivity contribution >= 4 is 60.6 Å². The van der Waals surface area contributed by atoms with Crippen molar-refractivity contribution in [3.8, 4) is 0 Å². The molecule has 5 rings (SSSR count). The number of hydrogen-bond acceptors (Lipinski definition) is 10. The van der Waals surface area contributed by atoms with E-state index in [1.807, 2.05) is 38.2 Å². The number of hydrazine groups is 1. The molecule has 8 nitrogen and oxygen atoms in total. The van der Waals surface area contributed by atoms with Gasteiger partial charge in [0.25, 0.3) is 5.13 Å².